The number of anilines is 1. The van der Waals surface area contributed by atoms with E-state index in [1.165, 1.54) is 10.9 Å². The van der Waals surface area contributed by atoms with E-state index in [-0.39, 0.29) is 18.6 Å². The zero-order valence-electron chi connectivity index (χ0n) is 14.3. The Labute approximate surface area is 146 Å². The minimum atomic E-state index is -0.0579. The molecule has 0 saturated carbocycles. The number of hydrogen-bond donors (Lipinski definition) is 1. The second-order valence-electron chi connectivity index (χ2n) is 6.59. The van der Waals surface area contributed by atoms with E-state index in [4.69, 9.17) is 4.74 Å². The normalized spacial score (nSPS) is 17.2. The van der Waals surface area contributed by atoms with Gasteiger partial charge in [-0.05, 0) is 31.4 Å². The van der Waals surface area contributed by atoms with E-state index >= 15 is 0 Å². The molecule has 0 spiro atoms. The van der Waals surface area contributed by atoms with E-state index in [2.05, 4.69) is 23.4 Å². The fourth-order valence-corrected chi connectivity index (χ4v) is 3.44. The molecule has 1 aromatic carbocycles. The number of para-hydroxylation sites is 1. The molecule has 1 N–H and O–H groups in total. The Balaban J connectivity index is 1.41. The van der Waals surface area contributed by atoms with Crippen LogP contribution in [0.4, 0.5) is 5.69 Å². The van der Waals surface area contributed by atoms with E-state index < -0.39 is 0 Å². The lowest BCUT2D eigenvalue weighted by Gasteiger charge is -2.08. The fraction of sp³-hybridized carbons (Fsp3) is 0.368. The lowest BCUT2D eigenvalue weighted by Crippen LogP contribution is -2.18. The van der Waals surface area contributed by atoms with Gasteiger partial charge in [-0.3, -0.25) is 9.48 Å². The van der Waals surface area contributed by atoms with Crippen LogP contribution in [0.2, 0.25) is 0 Å². The lowest BCUT2D eigenvalue weighted by molar-refractivity contribution is -0.116. The monoisotopic (exact) mass is 338 g/mol. The maximum atomic E-state index is 12.4. The maximum absolute atomic E-state index is 12.4. The van der Waals surface area contributed by atoms with E-state index in [9.17, 15) is 4.79 Å². The third-order valence-corrected chi connectivity index (χ3v) is 4.63. The molecule has 130 valence electrons. The highest BCUT2D eigenvalue weighted by molar-refractivity contribution is 5.92. The topological polar surface area (TPSA) is 61.1 Å². The summed E-state index contributed by atoms with van der Waals surface area (Å²) in [4.78, 5) is 12.4. The van der Waals surface area contributed by atoms with Gasteiger partial charge in [0, 0.05) is 29.9 Å². The van der Waals surface area contributed by atoms with Crippen LogP contribution in [0.5, 0.6) is 0 Å². The molecule has 0 aliphatic carbocycles. The van der Waals surface area contributed by atoms with Crippen LogP contribution in [0.1, 0.15) is 18.4 Å². The number of aryl methyl sites for hydroxylation is 1. The van der Waals surface area contributed by atoms with Crippen LogP contribution in [0, 0.1) is 6.92 Å². The van der Waals surface area contributed by atoms with Gasteiger partial charge in [0.25, 0.3) is 0 Å². The van der Waals surface area contributed by atoms with Crippen LogP contribution in [0.25, 0.3) is 10.9 Å². The molecule has 6 nitrogen and oxygen atoms in total. The van der Waals surface area contributed by atoms with Gasteiger partial charge in [-0.1, -0.05) is 18.2 Å². The Morgan fingerprint density at radius 1 is 1.36 bits per heavy atom. The van der Waals surface area contributed by atoms with Crippen molar-refractivity contribution in [2.45, 2.75) is 39.0 Å². The van der Waals surface area contributed by atoms with Crippen molar-refractivity contribution in [1.82, 2.24) is 14.3 Å². The van der Waals surface area contributed by atoms with Crippen LogP contribution >= 0.6 is 0 Å². The molecule has 1 fully saturated rings. The number of hydrogen-bond acceptors (Lipinski definition) is 3. The van der Waals surface area contributed by atoms with Gasteiger partial charge in [-0.25, -0.2) is 0 Å². The van der Waals surface area contributed by atoms with Gasteiger partial charge in [0.1, 0.15) is 6.54 Å². The first-order chi connectivity index (χ1) is 12.2. The van der Waals surface area contributed by atoms with Crippen molar-refractivity contribution < 1.29 is 9.53 Å². The van der Waals surface area contributed by atoms with E-state index in [0.717, 1.165) is 37.2 Å². The van der Waals surface area contributed by atoms with E-state index in [1.54, 1.807) is 6.20 Å². The second-order valence-corrected chi connectivity index (χ2v) is 6.59. The fourth-order valence-electron chi connectivity index (χ4n) is 3.44. The minimum absolute atomic E-state index is 0.0579. The summed E-state index contributed by atoms with van der Waals surface area (Å²) in [6.45, 7) is 3.91. The number of amides is 1. The molecule has 3 aromatic rings. The molecule has 1 atom stereocenters. The Kier molecular flexibility index (Phi) is 4.28. The number of nitrogens with zero attached hydrogens (tertiary/aromatic N) is 3. The average molecular weight is 338 g/mol. The number of ether oxygens (including phenoxy) is 1. The summed E-state index contributed by atoms with van der Waals surface area (Å²) >= 11 is 0. The smallest absolute Gasteiger partial charge is 0.244 e. The van der Waals surface area contributed by atoms with Crippen LogP contribution in [0.3, 0.4) is 0 Å². The van der Waals surface area contributed by atoms with Crippen molar-refractivity contribution in [2.24, 2.45) is 0 Å². The molecule has 3 heterocycles. The van der Waals surface area contributed by atoms with Crippen LogP contribution in [-0.2, 0) is 22.6 Å². The van der Waals surface area contributed by atoms with Crippen molar-refractivity contribution in [1.29, 1.82) is 0 Å². The quantitative estimate of drug-likeness (QED) is 0.778. The summed E-state index contributed by atoms with van der Waals surface area (Å²) in [5.41, 5.74) is 2.97. The van der Waals surface area contributed by atoms with Gasteiger partial charge in [-0.15, -0.1) is 0 Å². The lowest BCUT2D eigenvalue weighted by atomic mass is 10.2. The highest BCUT2D eigenvalue weighted by Crippen LogP contribution is 2.20. The van der Waals surface area contributed by atoms with Crippen molar-refractivity contribution in [2.75, 3.05) is 11.9 Å². The number of benzene rings is 1. The summed E-state index contributed by atoms with van der Waals surface area (Å²) in [6, 6.07) is 8.12. The summed E-state index contributed by atoms with van der Waals surface area (Å²) < 4.78 is 9.43. The summed E-state index contributed by atoms with van der Waals surface area (Å²) in [5, 5.41) is 8.41. The first-order valence-corrected chi connectivity index (χ1v) is 8.67. The summed E-state index contributed by atoms with van der Waals surface area (Å²) in [7, 11) is 0. The van der Waals surface area contributed by atoms with Gasteiger partial charge in [0.2, 0.25) is 5.91 Å². The van der Waals surface area contributed by atoms with Crippen LogP contribution < -0.4 is 5.32 Å². The molecule has 1 saturated heterocycles. The zero-order valence-corrected chi connectivity index (χ0v) is 14.3. The van der Waals surface area contributed by atoms with Gasteiger partial charge in [0.05, 0.1) is 24.5 Å². The minimum Gasteiger partial charge on any atom is -0.376 e. The third-order valence-electron chi connectivity index (χ3n) is 4.63. The molecular weight excluding hydrogens is 316 g/mol. The van der Waals surface area contributed by atoms with Gasteiger partial charge < -0.3 is 14.6 Å². The first-order valence-electron chi connectivity index (χ1n) is 8.67. The van der Waals surface area contributed by atoms with Crippen LogP contribution in [0.15, 0.2) is 42.9 Å². The molecule has 25 heavy (non-hydrogen) atoms. The molecule has 0 radical (unpaired) electrons. The van der Waals surface area contributed by atoms with Crippen molar-refractivity contribution in [3.8, 4) is 0 Å². The third kappa shape index (κ3) is 3.44. The average Bonchev–Trinajstić information content (AvgIpc) is 3.32. The Bertz CT molecular complexity index is 890. The number of carbonyl (C=O) groups is 1. The van der Waals surface area contributed by atoms with Crippen LogP contribution in [-0.4, -0.2) is 33.0 Å². The first kappa shape index (κ1) is 15.9. The predicted molar refractivity (Wildman–Crippen MR) is 96.5 cm³/mol. The predicted octanol–water partition coefficient (Wildman–Crippen LogP) is 2.96. The highest BCUT2D eigenvalue weighted by Gasteiger charge is 2.16. The molecule has 1 unspecified atom stereocenters. The van der Waals surface area contributed by atoms with Crippen molar-refractivity contribution >= 4 is 22.5 Å². The summed E-state index contributed by atoms with van der Waals surface area (Å²) in [6.07, 6.45) is 7.98. The highest BCUT2D eigenvalue weighted by atomic mass is 16.5. The second kappa shape index (κ2) is 6.72. The van der Waals surface area contributed by atoms with Gasteiger partial charge in [-0.2, -0.15) is 5.10 Å². The van der Waals surface area contributed by atoms with Gasteiger partial charge in [0.15, 0.2) is 0 Å². The zero-order chi connectivity index (χ0) is 17.2. The molecule has 0 bridgehead atoms. The number of carbonyl (C=O) groups excluding carboxylic acids is 1. The molecule has 4 rings (SSSR count). The number of rotatable bonds is 5. The molecular formula is C19H22N4O2. The maximum Gasteiger partial charge on any atom is 0.244 e. The van der Waals surface area contributed by atoms with E-state index in [0.29, 0.717) is 0 Å². The van der Waals surface area contributed by atoms with Crippen molar-refractivity contribution in [3.05, 3.63) is 48.4 Å². The molecule has 1 aliphatic rings. The molecule has 6 heteroatoms. The largest absolute Gasteiger partial charge is 0.376 e. The SMILES string of the molecule is Cc1cn(CC(=O)Nc2cnn(CC3CCCO3)c2)c2ccccc12. The Morgan fingerprint density at radius 2 is 2.24 bits per heavy atom. The summed E-state index contributed by atoms with van der Waals surface area (Å²) in [5.74, 6) is -0.0579. The molecule has 2 aromatic heterocycles. The Morgan fingerprint density at radius 3 is 3.08 bits per heavy atom. The Hall–Kier alpha value is -2.60. The van der Waals surface area contributed by atoms with E-state index in [1.807, 2.05) is 39.8 Å². The molecule has 1 amide bonds. The number of fused-ring (bicyclic) bond motifs is 1. The molecule has 1 aliphatic heterocycles. The standard InChI is InChI=1S/C19H22N4O2/c1-14-10-22(18-7-3-2-6-17(14)18)13-19(24)21-15-9-20-23(11-15)12-16-5-4-8-25-16/h2-3,6-7,9-11,16H,4-5,8,12-13H2,1H3,(H,21,24). The number of aromatic nitrogens is 3. The number of nitrogens with one attached hydrogen (secondary N) is 1. The van der Waals surface area contributed by atoms with Gasteiger partial charge >= 0.3 is 0 Å². The van der Waals surface area contributed by atoms with Crippen molar-refractivity contribution in [3.63, 3.8) is 0 Å².